The van der Waals surface area contributed by atoms with Crippen molar-refractivity contribution in [2.24, 2.45) is 0 Å². The number of fused-ring (bicyclic) bond motifs is 1. The smallest absolute Gasteiger partial charge is 0.387 e. The standard InChI is InChI=1S/C19H19F2NO3S/c1-2-13(12-7-3-4-8-14(12)25-19(20)21)22-18(23)16-11-26-17-10-6-5-9-15(17)24-16/h3-10,13,16,19H,2,11H2,1H3,(H,22,23)/t13-,16-/m1/s1. The molecule has 0 spiro atoms. The van der Waals surface area contributed by atoms with Crippen molar-refractivity contribution in [2.75, 3.05) is 5.75 Å². The summed E-state index contributed by atoms with van der Waals surface area (Å²) in [6.07, 6.45) is -0.0988. The summed E-state index contributed by atoms with van der Waals surface area (Å²) in [4.78, 5) is 13.6. The van der Waals surface area contributed by atoms with Gasteiger partial charge in [-0.1, -0.05) is 37.3 Å². The van der Waals surface area contributed by atoms with E-state index in [1.165, 1.54) is 6.07 Å². The van der Waals surface area contributed by atoms with Gasteiger partial charge in [0, 0.05) is 16.2 Å². The van der Waals surface area contributed by atoms with E-state index >= 15 is 0 Å². The van der Waals surface area contributed by atoms with Gasteiger partial charge in [-0.15, -0.1) is 11.8 Å². The Morgan fingerprint density at radius 1 is 1.27 bits per heavy atom. The number of thioether (sulfide) groups is 1. The van der Waals surface area contributed by atoms with Gasteiger partial charge in [-0.05, 0) is 24.6 Å². The number of nitrogens with one attached hydrogen (secondary N) is 1. The first kappa shape index (κ1) is 18.5. The molecule has 138 valence electrons. The highest BCUT2D eigenvalue weighted by atomic mass is 32.2. The summed E-state index contributed by atoms with van der Waals surface area (Å²) in [5.41, 5.74) is 0.521. The van der Waals surface area contributed by atoms with Gasteiger partial charge in [0.05, 0.1) is 6.04 Å². The van der Waals surface area contributed by atoms with E-state index in [1.807, 2.05) is 31.2 Å². The fourth-order valence-electron chi connectivity index (χ4n) is 2.78. The van der Waals surface area contributed by atoms with Gasteiger partial charge in [0.25, 0.3) is 5.91 Å². The highest BCUT2D eigenvalue weighted by Gasteiger charge is 2.29. The van der Waals surface area contributed by atoms with E-state index in [-0.39, 0.29) is 11.7 Å². The Morgan fingerprint density at radius 2 is 2.00 bits per heavy atom. The average Bonchev–Trinajstić information content (AvgIpc) is 2.65. The average molecular weight is 379 g/mol. The van der Waals surface area contributed by atoms with Crippen LogP contribution < -0.4 is 14.8 Å². The van der Waals surface area contributed by atoms with Crippen molar-refractivity contribution in [3.05, 3.63) is 54.1 Å². The lowest BCUT2D eigenvalue weighted by Crippen LogP contribution is -2.42. The summed E-state index contributed by atoms with van der Waals surface area (Å²) in [5, 5.41) is 2.89. The van der Waals surface area contributed by atoms with Crippen molar-refractivity contribution in [1.82, 2.24) is 5.32 Å². The Hall–Kier alpha value is -2.28. The lowest BCUT2D eigenvalue weighted by atomic mass is 10.0. The maximum atomic E-state index is 12.6. The van der Waals surface area contributed by atoms with E-state index in [1.54, 1.807) is 30.0 Å². The third-order valence-corrected chi connectivity index (χ3v) is 5.15. The van der Waals surface area contributed by atoms with Gasteiger partial charge in [-0.3, -0.25) is 4.79 Å². The van der Waals surface area contributed by atoms with Crippen molar-refractivity contribution >= 4 is 17.7 Å². The van der Waals surface area contributed by atoms with Crippen LogP contribution in [-0.2, 0) is 4.79 Å². The zero-order valence-corrected chi connectivity index (χ0v) is 15.0. The molecule has 2 aromatic rings. The van der Waals surface area contributed by atoms with Crippen LogP contribution in [0.1, 0.15) is 24.9 Å². The molecule has 2 atom stereocenters. The van der Waals surface area contributed by atoms with Crippen molar-refractivity contribution in [2.45, 2.75) is 37.0 Å². The second-order valence-electron chi connectivity index (χ2n) is 5.75. The van der Waals surface area contributed by atoms with Crippen LogP contribution in [0.3, 0.4) is 0 Å². The molecule has 1 heterocycles. The molecular formula is C19H19F2NO3S. The van der Waals surface area contributed by atoms with Gasteiger partial charge in [0.2, 0.25) is 0 Å². The molecule has 1 N–H and O–H groups in total. The minimum atomic E-state index is -2.92. The molecular weight excluding hydrogens is 360 g/mol. The highest BCUT2D eigenvalue weighted by molar-refractivity contribution is 7.99. The summed E-state index contributed by atoms with van der Waals surface area (Å²) in [5.74, 6) is 0.970. The number of hydrogen-bond acceptors (Lipinski definition) is 4. The van der Waals surface area contributed by atoms with Crippen LogP contribution in [0.4, 0.5) is 8.78 Å². The predicted molar refractivity (Wildman–Crippen MR) is 95.8 cm³/mol. The first-order valence-corrected chi connectivity index (χ1v) is 9.29. The molecule has 1 amide bonds. The molecule has 26 heavy (non-hydrogen) atoms. The molecule has 0 saturated heterocycles. The molecule has 0 fully saturated rings. The number of hydrogen-bond donors (Lipinski definition) is 1. The maximum absolute atomic E-state index is 12.6. The molecule has 0 aromatic heterocycles. The fraction of sp³-hybridized carbons (Fsp3) is 0.316. The zero-order chi connectivity index (χ0) is 18.5. The van der Waals surface area contributed by atoms with E-state index in [0.717, 1.165) is 4.90 Å². The van der Waals surface area contributed by atoms with Gasteiger partial charge >= 0.3 is 6.61 Å². The number of rotatable bonds is 6. The van der Waals surface area contributed by atoms with Gasteiger partial charge in [0.15, 0.2) is 6.10 Å². The highest BCUT2D eigenvalue weighted by Crippen LogP contribution is 2.35. The molecule has 0 bridgehead atoms. The lowest BCUT2D eigenvalue weighted by molar-refractivity contribution is -0.128. The van der Waals surface area contributed by atoms with Crippen LogP contribution in [0.5, 0.6) is 11.5 Å². The van der Waals surface area contributed by atoms with Crippen molar-refractivity contribution < 1.29 is 23.0 Å². The molecule has 2 aromatic carbocycles. The van der Waals surface area contributed by atoms with Gasteiger partial charge in [-0.2, -0.15) is 8.78 Å². The van der Waals surface area contributed by atoms with E-state index in [2.05, 4.69) is 10.1 Å². The molecule has 3 rings (SSSR count). The van der Waals surface area contributed by atoms with E-state index < -0.39 is 18.8 Å². The molecule has 4 nitrogen and oxygen atoms in total. The van der Waals surface area contributed by atoms with Gasteiger partial charge in [0.1, 0.15) is 11.5 Å². The van der Waals surface area contributed by atoms with Crippen LogP contribution in [-0.4, -0.2) is 24.4 Å². The zero-order valence-electron chi connectivity index (χ0n) is 14.2. The minimum absolute atomic E-state index is 0.0685. The van der Waals surface area contributed by atoms with Crippen LogP contribution in [0.2, 0.25) is 0 Å². The largest absolute Gasteiger partial charge is 0.479 e. The van der Waals surface area contributed by atoms with E-state index in [4.69, 9.17) is 4.74 Å². The normalized spacial score (nSPS) is 17.2. The summed E-state index contributed by atoms with van der Waals surface area (Å²) < 4.78 is 35.6. The number of carbonyl (C=O) groups excluding carboxylic acids is 1. The molecule has 1 aliphatic heterocycles. The van der Waals surface area contributed by atoms with Crippen molar-refractivity contribution in [3.63, 3.8) is 0 Å². The number of benzene rings is 2. The Balaban J connectivity index is 1.72. The number of halogens is 2. The Morgan fingerprint density at radius 3 is 2.77 bits per heavy atom. The second kappa shape index (κ2) is 8.40. The summed E-state index contributed by atoms with van der Waals surface area (Å²) in [6, 6.07) is 13.6. The van der Waals surface area contributed by atoms with Gasteiger partial charge < -0.3 is 14.8 Å². The van der Waals surface area contributed by atoms with Crippen LogP contribution in [0.25, 0.3) is 0 Å². The van der Waals surface area contributed by atoms with Crippen molar-refractivity contribution in [3.8, 4) is 11.5 Å². The molecule has 7 heteroatoms. The second-order valence-corrected chi connectivity index (χ2v) is 6.81. The number of alkyl halides is 2. The number of amides is 1. The van der Waals surface area contributed by atoms with Crippen LogP contribution in [0.15, 0.2) is 53.4 Å². The number of para-hydroxylation sites is 2. The summed E-state index contributed by atoms with van der Waals surface area (Å²) >= 11 is 1.56. The topological polar surface area (TPSA) is 47.6 Å². The Bertz CT molecular complexity index is 772. The third kappa shape index (κ3) is 4.27. The number of carbonyl (C=O) groups is 1. The van der Waals surface area contributed by atoms with E-state index in [0.29, 0.717) is 23.5 Å². The Labute approximate surface area is 154 Å². The minimum Gasteiger partial charge on any atom is -0.479 e. The van der Waals surface area contributed by atoms with Crippen molar-refractivity contribution in [1.29, 1.82) is 0 Å². The van der Waals surface area contributed by atoms with Gasteiger partial charge in [-0.25, -0.2) is 0 Å². The SMILES string of the molecule is CC[C@@H](NC(=O)[C@H]1CSc2ccccc2O1)c1ccccc1OC(F)F. The van der Waals surface area contributed by atoms with Crippen LogP contribution in [0, 0.1) is 0 Å². The fourth-order valence-corrected chi connectivity index (χ4v) is 3.77. The molecule has 1 aliphatic rings. The Kier molecular flexibility index (Phi) is 5.98. The first-order chi connectivity index (χ1) is 12.6. The predicted octanol–water partition coefficient (Wildman–Crippen LogP) is 4.41. The summed E-state index contributed by atoms with van der Waals surface area (Å²) in [7, 11) is 0. The number of ether oxygens (including phenoxy) is 2. The van der Waals surface area contributed by atoms with E-state index in [9.17, 15) is 13.6 Å². The maximum Gasteiger partial charge on any atom is 0.387 e. The molecule has 0 aliphatic carbocycles. The monoisotopic (exact) mass is 379 g/mol. The first-order valence-electron chi connectivity index (χ1n) is 8.31. The molecule has 0 radical (unpaired) electrons. The third-order valence-electron chi connectivity index (χ3n) is 4.04. The summed E-state index contributed by atoms with van der Waals surface area (Å²) in [6.45, 7) is -1.05. The van der Waals surface area contributed by atoms with Crippen LogP contribution >= 0.6 is 11.8 Å². The quantitative estimate of drug-likeness (QED) is 0.808. The molecule has 0 saturated carbocycles. The lowest BCUT2D eigenvalue weighted by Gasteiger charge is -2.27. The molecule has 0 unspecified atom stereocenters.